The normalized spacial score (nSPS) is 11.6. The minimum absolute atomic E-state index is 0.294. The molecule has 1 aromatic carbocycles. The Bertz CT molecular complexity index is 406. The van der Waals surface area contributed by atoms with Gasteiger partial charge in [-0.1, -0.05) is 23.7 Å². The van der Waals surface area contributed by atoms with E-state index in [1.54, 1.807) is 24.3 Å². The van der Waals surface area contributed by atoms with Gasteiger partial charge >= 0.3 is 6.03 Å². The number of carbonyl (C=O) groups is 2. The summed E-state index contributed by atoms with van der Waals surface area (Å²) in [5, 5.41) is 15.7. The zero-order chi connectivity index (χ0) is 12.8. The number of urea groups is 1. The Labute approximate surface area is 104 Å². The maximum Gasteiger partial charge on any atom is 0.315 e. The number of benzene rings is 1. The molecule has 5 nitrogen and oxygen atoms in total. The molecule has 0 bridgehead atoms. The van der Waals surface area contributed by atoms with Crippen LogP contribution in [0.2, 0.25) is 5.02 Å². The minimum Gasteiger partial charge on any atom is -0.548 e. The van der Waals surface area contributed by atoms with Crippen molar-refractivity contribution in [2.75, 3.05) is 0 Å². The lowest BCUT2D eigenvalue weighted by Gasteiger charge is -2.15. The zero-order valence-electron chi connectivity index (χ0n) is 9.20. The Balaban J connectivity index is 2.38. The summed E-state index contributed by atoms with van der Waals surface area (Å²) in [6.07, 6.45) is 0. The molecule has 0 aliphatic heterocycles. The molecule has 0 saturated heterocycles. The number of nitrogens with one attached hydrogen (secondary N) is 2. The van der Waals surface area contributed by atoms with Gasteiger partial charge in [0, 0.05) is 11.6 Å². The highest BCUT2D eigenvalue weighted by Crippen LogP contribution is 2.08. The Morgan fingerprint density at radius 1 is 1.35 bits per heavy atom. The standard InChI is InChI=1S/C11H13ClN2O3/c1-7(10(15)16)14-11(17)13-6-8-2-4-9(12)5-3-8/h2-5,7H,6H2,1H3,(H,15,16)(H2,13,14,17)/p-1/t7-/m0/s1. The molecule has 0 saturated carbocycles. The Hall–Kier alpha value is -1.75. The monoisotopic (exact) mass is 255 g/mol. The molecular formula is C11H12ClN2O3-. The van der Waals surface area contributed by atoms with Gasteiger partial charge in [0.1, 0.15) is 0 Å². The third-order valence-electron chi connectivity index (χ3n) is 2.07. The Kier molecular flexibility index (Phi) is 4.78. The maximum atomic E-state index is 11.3. The fourth-order valence-electron chi connectivity index (χ4n) is 1.09. The van der Waals surface area contributed by atoms with Gasteiger partial charge in [0.05, 0.1) is 12.0 Å². The van der Waals surface area contributed by atoms with Crippen molar-refractivity contribution in [3.63, 3.8) is 0 Å². The van der Waals surface area contributed by atoms with E-state index in [2.05, 4.69) is 10.6 Å². The lowest BCUT2D eigenvalue weighted by molar-refractivity contribution is -0.307. The average Bonchev–Trinajstić information content (AvgIpc) is 2.28. The van der Waals surface area contributed by atoms with Crippen molar-refractivity contribution in [1.82, 2.24) is 10.6 Å². The molecule has 92 valence electrons. The number of carboxylic acids is 1. The van der Waals surface area contributed by atoms with Crippen molar-refractivity contribution in [1.29, 1.82) is 0 Å². The number of aliphatic carboxylic acids is 1. The smallest absolute Gasteiger partial charge is 0.315 e. The van der Waals surface area contributed by atoms with Gasteiger partial charge in [-0.2, -0.15) is 0 Å². The van der Waals surface area contributed by atoms with Gasteiger partial charge in [0.2, 0.25) is 0 Å². The van der Waals surface area contributed by atoms with Crippen LogP contribution >= 0.6 is 11.6 Å². The molecular weight excluding hydrogens is 244 g/mol. The lowest BCUT2D eigenvalue weighted by Crippen LogP contribution is -2.49. The van der Waals surface area contributed by atoms with Crippen LogP contribution in [0.25, 0.3) is 0 Å². The Morgan fingerprint density at radius 2 is 1.94 bits per heavy atom. The summed E-state index contributed by atoms with van der Waals surface area (Å²) in [7, 11) is 0. The average molecular weight is 256 g/mol. The van der Waals surface area contributed by atoms with Gasteiger partial charge in [-0.05, 0) is 24.6 Å². The molecule has 0 aliphatic rings. The molecule has 0 heterocycles. The van der Waals surface area contributed by atoms with Gasteiger partial charge in [0.25, 0.3) is 0 Å². The van der Waals surface area contributed by atoms with Crippen LogP contribution in [0.4, 0.5) is 4.79 Å². The summed E-state index contributed by atoms with van der Waals surface area (Å²) in [5.74, 6) is -1.33. The van der Waals surface area contributed by atoms with E-state index in [-0.39, 0.29) is 0 Å². The number of carboxylic acid groups (broad SMARTS) is 1. The third-order valence-corrected chi connectivity index (χ3v) is 2.32. The molecule has 2 amide bonds. The molecule has 0 radical (unpaired) electrons. The van der Waals surface area contributed by atoms with Crippen LogP contribution in [0.1, 0.15) is 12.5 Å². The summed E-state index contributed by atoms with van der Waals surface area (Å²) < 4.78 is 0. The topological polar surface area (TPSA) is 81.3 Å². The largest absolute Gasteiger partial charge is 0.548 e. The fraction of sp³-hybridized carbons (Fsp3) is 0.273. The van der Waals surface area contributed by atoms with Gasteiger partial charge < -0.3 is 20.5 Å². The van der Waals surface area contributed by atoms with Crippen LogP contribution in [-0.2, 0) is 11.3 Å². The molecule has 0 unspecified atom stereocenters. The first-order valence-corrected chi connectivity index (χ1v) is 5.36. The van der Waals surface area contributed by atoms with E-state index in [1.807, 2.05) is 0 Å². The SMILES string of the molecule is C[C@H](NC(=O)NCc1ccc(Cl)cc1)C(=O)[O-]. The fourth-order valence-corrected chi connectivity index (χ4v) is 1.22. The number of hydrogen-bond donors (Lipinski definition) is 2. The maximum absolute atomic E-state index is 11.3. The van der Waals surface area contributed by atoms with Crippen molar-refractivity contribution in [2.24, 2.45) is 0 Å². The molecule has 0 spiro atoms. The summed E-state index contributed by atoms with van der Waals surface area (Å²) in [4.78, 5) is 21.6. The molecule has 0 aromatic heterocycles. The third kappa shape index (κ3) is 4.74. The number of hydrogen-bond acceptors (Lipinski definition) is 3. The summed E-state index contributed by atoms with van der Waals surface area (Å²) in [6, 6.07) is 5.37. The highest BCUT2D eigenvalue weighted by Gasteiger charge is 2.06. The van der Waals surface area contributed by atoms with Gasteiger partial charge in [0.15, 0.2) is 0 Å². The molecule has 0 fully saturated rings. The first-order chi connectivity index (χ1) is 7.99. The van der Waals surface area contributed by atoms with Crippen molar-refractivity contribution in [3.05, 3.63) is 34.9 Å². The quantitative estimate of drug-likeness (QED) is 0.811. The molecule has 1 rings (SSSR count). The number of carbonyl (C=O) groups excluding carboxylic acids is 2. The van der Waals surface area contributed by atoms with Crippen LogP contribution in [0.5, 0.6) is 0 Å². The minimum atomic E-state index is -1.33. The number of halogens is 1. The summed E-state index contributed by atoms with van der Waals surface area (Å²) in [5.41, 5.74) is 0.866. The second kappa shape index (κ2) is 6.10. The van der Waals surface area contributed by atoms with E-state index in [4.69, 9.17) is 11.6 Å². The lowest BCUT2D eigenvalue weighted by atomic mass is 10.2. The molecule has 0 aliphatic carbocycles. The number of rotatable bonds is 4. The highest BCUT2D eigenvalue weighted by molar-refractivity contribution is 6.30. The zero-order valence-corrected chi connectivity index (χ0v) is 9.95. The molecule has 17 heavy (non-hydrogen) atoms. The van der Waals surface area contributed by atoms with Crippen molar-refractivity contribution >= 4 is 23.6 Å². The van der Waals surface area contributed by atoms with Gasteiger partial charge in [-0.3, -0.25) is 0 Å². The van der Waals surface area contributed by atoms with Crippen LogP contribution in [0.15, 0.2) is 24.3 Å². The van der Waals surface area contributed by atoms with E-state index in [1.165, 1.54) is 6.92 Å². The van der Waals surface area contributed by atoms with Crippen LogP contribution < -0.4 is 15.7 Å². The number of amides is 2. The predicted octanol–water partition coefficient (Wildman–Crippen LogP) is 0.278. The van der Waals surface area contributed by atoms with Crippen molar-refractivity contribution < 1.29 is 14.7 Å². The summed E-state index contributed by atoms with van der Waals surface area (Å²) >= 11 is 5.71. The van der Waals surface area contributed by atoms with Crippen LogP contribution in [0.3, 0.4) is 0 Å². The first-order valence-electron chi connectivity index (χ1n) is 4.98. The predicted molar refractivity (Wildman–Crippen MR) is 61.3 cm³/mol. The highest BCUT2D eigenvalue weighted by atomic mass is 35.5. The van der Waals surface area contributed by atoms with E-state index in [9.17, 15) is 14.7 Å². The Morgan fingerprint density at radius 3 is 2.47 bits per heavy atom. The molecule has 6 heteroatoms. The second-order valence-electron chi connectivity index (χ2n) is 3.49. The van der Waals surface area contributed by atoms with Crippen LogP contribution in [0, 0.1) is 0 Å². The van der Waals surface area contributed by atoms with E-state index in [0.29, 0.717) is 11.6 Å². The van der Waals surface area contributed by atoms with Gasteiger partial charge in [-0.25, -0.2) is 4.79 Å². The first kappa shape index (κ1) is 13.3. The van der Waals surface area contributed by atoms with E-state index < -0.39 is 18.0 Å². The molecule has 2 N–H and O–H groups in total. The van der Waals surface area contributed by atoms with Crippen molar-refractivity contribution in [3.8, 4) is 0 Å². The van der Waals surface area contributed by atoms with Gasteiger partial charge in [-0.15, -0.1) is 0 Å². The molecule has 1 aromatic rings. The van der Waals surface area contributed by atoms with E-state index in [0.717, 1.165) is 5.56 Å². The second-order valence-corrected chi connectivity index (χ2v) is 3.93. The van der Waals surface area contributed by atoms with E-state index >= 15 is 0 Å². The van der Waals surface area contributed by atoms with Crippen molar-refractivity contribution in [2.45, 2.75) is 19.5 Å². The van der Waals surface area contributed by atoms with Crippen LogP contribution in [-0.4, -0.2) is 18.0 Å². The summed E-state index contributed by atoms with van der Waals surface area (Å²) in [6.45, 7) is 1.62. The molecule has 1 atom stereocenters.